The number of hydrogen-bond acceptors (Lipinski definition) is 4. The van der Waals surface area contributed by atoms with Crippen LogP contribution >= 0.6 is 11.3 Å². The molecule has 1 N–H and O–H groups in total. The maximum absolute atomic E-state index is 4.17. The van der Waals surface area contributed by atoms with Gasteiger partial charge in [0.25, 0.3) is 0 Å². The Kier molecular flexibility index (Phi) is 3.04. The molecule has 3 nitrogen and oxygen atoms in total. The minimum absolute atomic E-state index is 0.387. The lowest BCUT2D eigenvalue weighted by Crippen LogP contribution is -2.12. The highest BCUT2D eigenvalue weighted by atomic mass is 32.1. The maximum atomic E-state index is 4.17. The number of anilines is 1. The van der Waals surface area contributed by atoms with E-state index in [0.717, 1.165) is 16.1 Å². The molecule has 1 saturated carbocycles. The van der Waals surface area contributed by atoms with Gasteiger partial charge in [-0.05, 0) is 38.2 Å². The fourth-order valence-corrected chi connectivity index (χ4v) is 2.79. The lowest BCUT2D eigenvalue weighted by atomic mass is 10.0. The van der Waals surface area contributed by atoms with E-state index in [1.54, 1.807) is 11.3 Å². The lowest BCUT2D eigenvalue weighted by Gasteiger charge is -2.18. The zero-order valence-corrected chi connectivity index (χ0v) is 11.5. The van der Waals surface area contributed by atoms with Crippen molar-refractivity contribution in [3.63, 3.8) is 0 Å². The Morgan fingerprint density at radius 1 is 1.17 bits per heavy atom. The molecular formula is C14H17N3S. The summed E-state index contributed by atoms with van der Waals surface area (Å²) >= 11 is 1.63. The molecule has 0 amide bonds. The van der Waals surface area contributed by atoms with Gasteiger partial charge in [-0.3, -0.25) is 0 Å². The first-order chi connectivity index (χ1) is 8.72. The summed E-state index contributed by atoms with van der Waals surface area (Å²) in [4.78, 5) is 0. The van der Waals surface area contributed by atoms with Gasteiger partial charge in [0.05, 0.1) is 6.04 Å². The van der Waals surface area contributed by atoms with Crippen LogP contribution in [0.2, 0.25) is 0 Å². The molecule has 1 aromatic heterocycles. The molecule has 1 heterocycles. The Morgan fingerprint density at radius 2 is 1.89 bits per heavy atom. The Labute approximate surface area is 111 Å². The van der Waals surface area contributed by atoms with Gasteiger partial charge in [0.1, 0.15) is 5.01 Å². The summed E-state index contributed by atoms with van der Waals surface area (Å²) in [5.41, 5.74) is 2.66. The molecule has 1 aliphatic carbocycles. The predicted octanol–water partition coefficient (Wildman–Crippen LogP) is 3.72. The zero-order valence-electron chi connectivity index (χ0n) is 10.7. The molecule has 1 atom stereocenters. The highest BCUT2D eigenvalue weighted by Gasteiger charge is 2.32. The number of benzene rings is 1. The molecular weight excluding hydrogens is 242 g/mol. The molecule has 0 spiro atoms. The molecule has 0 saturated heterocycles. The van der Waals surface area contributed by atoms with Crippen LogP contribution < -0.4 is 5.32 Å². The molecule has 3 rings (SSSR count). The fourth-order valence-electron chi connectivity index (χ4n) is 2.16. The SMILES string of the molecule is Cc1ccc(C(Nc2nnc(C)s2)C2CC2)cc1. The molecule has 2 aromatic rings. The summed E-state index contributed by atoms with van der Waals surface area (Å²) in [7, 11) is 0. The van der Waals surface area contributed by atoms with Crippen molar-refractivity contribution in [2.75, 3.05) is 5.32 Å². The largest absolute Gasteiger partial charge is 0.353 e. The van der Waals surface area contributed by atoms with Gasteiger partial charge >= 0.3 is 0 Å². The standard InChI is InChI=1S/C14H17N3S/c1-9-3-5-11(6-4-9)13(12-7-8-12)15-14-17-16-10(2)18-14/h3-6,12-13H,7-8H2,1-2H3,(H,15,17). The van der Waals surface area contributed by atoms with Crippen molar-refractivity contribution in [1.29, 1.82) is 0 Å². The number of hydrogen-bond donors (Lipinski definition) is 1. The van der Waals surface area contributed by atoms with Crippen LogP contribution in [-0.2, 0) is 0 Å². The number of aryl methyl sites for hydroxylation is 2. The normalized spacial score (nSPS) is 16.6. The van der Waals surface area contributed by atoms with E-state index in [1.165, 1.54) is 24.0 Å². The monoisotopic (exact) mass is 259 g/mol. The third-order valence-electron chi connectivity index (χ3n) is 3.33. The summed E-state index contributed by atoms with van der Waals surface area (Å²) in [6.45, 7) is 4.11. The lowest BCUT2D eigenvalue weighted by molar-refractivity contribution is 0.676. The Bertz CT molecular complexity index is 528. The number of aromatic nitrogens is 2. The zero-order chi connectivity index (χ0) is 12.5. The Morgan fingerprint density at radius 3 is 2.44 bits per heavy atom. The van der Waals surface area contributed by atoms with Crippen LogP contribution in [-0.4, -0.2) is 10.2 Å². The third-order valence-corrected chi connectivity index (χ3v) is 4.10. The molecule has 1 unspecified atom stereocenters. The van der Waals surface area contributed by atoms with E-state index >= 15 is 0 Å². The molecule has 0 aliphatic heterocycles. The fraction of sp³-hybridized carbons (Fsp3) is 0.429. The van der Waals surface area contributed by atoms with Gasteiger partial charge in [0, 0.05) is 0 Å². The second-order valence-electron chi connectivity index (χ2n) is 5.00. The van der Waals surface area contributed by atoms with Gasteiger partial charge in [0.15, 0.2) is 0 Å². The van der Waals surface area contributed by atoms with Gasteiger partial charge in [-0.15, -0.1) is 10.2 Å². The van der Waals surface area contributed by atoms with E-state index in [9.17, 15) is 0 Å². The molecule has 0 radical (unpaired) electrons. The summed E-state index contributed by atoms with van der Waals surface area (Å²) in [5.74, 6) is 0.747. The molecule has 94 valence electrons. The topological polar surface area (TPSA) is 37.8 Å². The molecule has 4 heteroatoms. The summed E-state index contributed by atoms with van der Waals surface area (Å²) in [5, 5.41) is 13.7. The van der Waals surface area contributed by atoms with Crippen molar-refractivity contribution in [3.8, 4) is 0 Å². The molecule has 18 heavy (non-hydrogen) atoms. The van der Waals surface area contributed by atoms with E-state index in [2.05, 4.69) is 46.7 Å². The van der Waals surface area contributed by atoms with Crippen molar-refractivity contribution >= 4 is 16.5 Å². The van der Waals surface area contributed by atoms with Gasteiger partial charge in [-0.25, -0.2) is 0 Å². The van der Waals surface area contributed by atoms with Crippen molar-refractivity contribution in [2.45, 2.75) is 32.7 Å². The van der Waals surface area contributed by atoms with Gasteiger partial charge in [0.2, 0.25) is 5.13 Å². The number of nitrogens with one attached hydrogen (secondary N) is 1. The maximum Gasteiger partial charge on any atom is 0.206 e. The smallest absolute Gasteiger partial charge is 0.206 e. The third kappa shape index (κ3) is 2.53. The van der Waals surface area contributed by atoms with Crippen LogP contribution in [0, 0.1) is 19.8 Å². The Balaban J connectivity index is 1.82. The highest BCUT2D eigenvalue weighted by molar-refractivity contribution is 7.15. The number of rotatable bonds is 4. The van der Waals surface area contributed by atoms with Gasteiger partial charge in [-0.1, -0.05) is 41.2 Å². The van der Waals surface area contributed by atoms with E-state index in [-0.39, 0.29) is 0 Å². The average Bonchev–Trinajstić information content (AvgIpc) is 3.12. The minimum Gasteiger partial charge on any atom is -0.353 e. The second kappa shape index (κ2) is 4.69. The van der Waals surface area contributed by atoms with E-state index in [4.69, 9.17) is 0 Å². The van der Waals surface area contributed by atoms with Crippen LogP contribution in [0.5, 0.6) is 0 Å². The van der Waals surface area contributed by atoms with Crippen molar-refractivity contribution < 1.29 is 0 Å². The Hall–Kier alpha value is -1.42. The molecule has 1 aromatic carbocycles. The minimum atomic E-state index is 0.387. The first kappa shape index (κ1) is 11.7. The number of nitrogens with zero attached hydrogens (tertiary/aromatic N) is 2. The molecule has 1 fully saturated rings. The summed E-state index contributed by atoms with van der Waals surface area (Å²) < 4.78 is 0. The van der Waals surface area contributed by atoms with Crippen LogP contribution in [0.4, 0.5) is 5.13 Å². The predicted molar refractivity (Wildman–Crippen MR) is 74.9 cm³/mol. The van der Waals surface area contributed by atoms with Crippen molar-refractivity contribution in [1.82, 2.24) is 10.2 Å². The quantitative estimate of drug-likeness (QED) is 0.909. The van der Waals surface area contributed by atoms with E-state index in [0.29, 0.717) is 6.04 Å². The molecule has 0 bridgehead atoms. The van der Waals surface area contributed by atoms with Crippen LogP contribution in [0.3, 0.4) is 0 Å². The highest BCUT2D eigenvalue weighted by Crippen LogP contribution is 2.43. The van der Waals surface area contributed by atoms with Crippen molar-refractivity contribution in [2.24, 2.45) is 5.92 Å². The first-order valence-electron chi connectivity index (χ1n) is 6.35. The van der Waals surface area contributed by atoms with Crippen molar-refractivity contribution in [3.05, 3.63) is 40.4 Å². The molecule has 1 aliphatic rings. The average molecular weight is 259 g/mol. The van der Waals surface area contributed by atoms with Gasteiger partial charge < -0.3 is 5.32 Å². The van der Waals surface area contributed by atoms with Crippen LogP contribution in [0.25, 0.3) is 0 Å². The van der Waals surface area contributed by atoms with Crippen LogP contribution in [0.15, 0.2) is 24.3 Å². The second-order valence-corrected chi connectivity index (χ2v) is 6.18. The first-order valence-corrected chi connectivity index (χ1v) is 7.17. The van der Waals surface area contributed by atoms with Crippen LogP contribution in [0.1, 0.15) is 35.0 Å². The van der Waals surface area contributed by atoms with E-state index < -0.39 is 0 Å². The van der Waals surface area contributed by atoms with E-state index in [1.807, 2.05) is 6.92 Å². The summed E-state index contributed by atoms with van der Waals surface area (Å²) in [6.07, 6.45) is 2.62. The summed E-state index contributed by atoms with van der Waals surface area (Å²) in [6, 6.07) is 9.19. The van der Waals surface area contributed by atoms with Gasteiger partial charge in [-0.2, -0.15) is 0 Å².